The van der Waals surface area contributed by atoms with E-state index in [0.717, 1.165) is 41.7 Å². The lowest BCUT2D eigenvalue weighted by atomic mass is 10.1. The number of fused-ring (bicyclic) bond motifs is 1. The van der Waals surface area contributed by atoms with Crippen molar-refractivity contribution in [2.24, 2.45) is 0 Å². The highest BCUT2D eigenvalue weighted by atomic mass is 19.1. The normalized spacial score (nSPS) is 13.4. The molecule has 0 unspecified atom stereocenters. The molecular formula is C26H25FN8O. The molecule has 4 aromatic heterocycles. The molecule has 1 aliphatic carbocycles. The van der Waals surface area contributed by atoms with Crippen LogP contribution in [0.2, 0.25) is 0 Å². The van der Waals surface area contributed by atoms with Crippen LogP contribution in [0.1, 0.15) is 42.6 Å². The first-order valence-electron chi connectivity index (χ1n) is 12.0. The van der Waals surface area contributed by atoms with Gasteiger partial charge in [-0.25, -0.2) is 34.0 Å². The van der Waals surface area contributed by atoms with Crippen molar-refractivity contribution in [1.29, 1.82) is 0 Å². The molecule has 1 aromatic carbocycles. The van der Waals surface area contributed by atoms with Crippen molar-refractivity contribution in [3.63, 3.8) is 0 Å². The fraction of sp³-hybridized carbons (Fsp3) is 0.308. The standard InChI is InChI=1S/C26H25FN8O/c1-4-34-12-15(2)32-25(34)19-8-5-16(9-20(19)27)13-35-24-18(11-31-35)10-28-23(33-24)21-22(17-6-7-17)29-14-30-26(21)36-3/h5,8-12,14,17H,4,6-7,13H2,1-3H3. The maximum Gasteiger partial charge on any atom is 0.227 e. The largest absolute Gasteiger partial charge is 0.480 e. The highest BCUT2D eigenvalue weighted by Gasteiger charge is 2.31. The average Bonchev–Trinajstić information content (AvgIpc) is 3.57. The lowest BCUT2D eigenvalue weighted by Gasteiger charge is -2.11. The Morgan fingerprint density at radius 1 is 1.11 bits per heavy atom. The minimum absolute atomic E-state index is 0.320. The molecular weight excluding hydrogens is 459 g/mol. The number of imidazole rings is 1. The van der Waals surface area contributed by atoms with Crippen LogP contribution in [0, 0.1) is 12.7 Å². The van der Waals surface area contributed by atoms with E-state index in [4.69, 9.17) is 9.72 Å². The molecule has 0 bridgehead atoms. The number of hydrogen-bond acceptors (Lipinski definition) is 7. The molecule has 0 amide bonds. The van der Waals surface area contributed by atoms with E-state index in [2.05, 4.69) is 25.0 Å². The van der Waals surface area contributed by atoms with Crippen molar-refractivity contribution in [3.05, 3.63) is 65.9 Å². The molecule has 182 valence electrons. The maximum absolute atomic E-state index is 15.2. The van der Waals surface area contributed by atoms with Gasteiger partial charge in [0.05, 0.1) is 42.2 Å². The summed E-state index contributed by atoms with van der Waals surface area (Å²) < 4.78 is 24.4. The molecule has 0 radical (unpaired) electrons. The minimum Gasteiger partial charge on any atom is -0.480 e. The molecule has 0 aliphatic heterocycles. The zero-order valence-corrected chi connectivity index (χ0v) is 20.3. The molecule has 1 fully saturated rings. The fourth-order valence-corrected chi connectivity index (χ4v) is 4.53. The quantitative estimate of drug-likeness (QED) is 0.334. The van der Waals surface area contributed by atoms with Gasteiger partial charge in [0, 0.05) is 24.9 Å². The molecule has 10 heteroatoms. The second-order valence-electron chi connectivity index (χ2n) is 9.00. The van der Waals surface area contributed by atoms with Crippen LogP contribution in [0.15, 0.2) is 43.1 Å². The van der Waals surface area contributed by atoms with E-state index in [9.17, 15) is 0 Å². The van der Waals surface area contributed by atoms with Crippen LogP contribution in [-0.4, -0.2) is 46.4 Å². The number of hydrogen-bond donors (Lipinski definition) is 0. The Morgan fingerprint density at radius 2 is 1.97 bits per heavy atom. The molecule has 9 nitrogen and oxygen atoms in total. The number of methoxy groups -OCH3 is 1. The molecule has 4 heterocycles. The van der Waals surface area contributed by atoms with Gasteiger partial charge in [-0.1, -0.05) is 6.07 Å². The summed E-state index contributed by atoms with van der Waals surface area (Å²) in [5.41, 5.74) is 4.38. The Labute approximate surface area is 207 Å². The topological polar surface area (TPSA) is 96.4 Å². The van der Waals surface area contributed by atoms with Crippen molar-refractivity contribution in [2.75, 3.05) is 7.11 Å². The van der Waals surface area contributed by atoms with Gasteiger partial charge in [-0.05, 0) is 44.4 Å². The van der Waals surface area contributed by atoms with Gasteiger partial charge >= 0.3 is 0 Å². The minimum atomic E-state index is -0.320. The first kappa shape index (κ1) is 22.3. The van der Waals surface area contributed by atoms with Gasteiger partial charge < -0.3 is 9.30 Å². The van der Waals surface area contributed by atoms with E-state index < -0.39 is 0 Å². The first-order chi connectivity index (χ1) is 17.6. The van der Waals surface area contributed by atoms with E-state index in [1.54, 1.807) is 30.3 Å². The van der Waals surface area contributed by atoms with Crippen LogP contribution < -0.4 is 4.74 Å². The number of nitrogens with zero attached hydrogens (tertiary/aromatic N) is 8. The molecule has 0 N–H and O–H groups in total. The summed E-state index contributed by atoms with van der Waals surface area (Å²) >= 11 is 0. The van der Waals surface area contributed by atoms with Gasteiger partial charge in [0.15, 0.2) is 11.5 Å². The van der Waals surface area contributed by atoms with E-state index in [1.165, 1.54) is 12.4 Å². The number of rotatable bonds is 7. The van der Waals surface area contributed by atoms with Crippen LogP contribution in [0.3, 0.4) is 0 Å². The highest BCUT2D eigenvalue weighted by Crippen LogP contribution is 2.44. The molecule has 0 saturated heterocycles. The van der Waals surface area contributed by atoms with Gasteiger partial charge in [0.1, 0.15) is 23.5 Å². The third-order valence-corrected chi connectivity index (χ3v) is 6.44. The Kier molecular flexibility index (Phi) is 5.43. The van der Waals surface area contributed by atoms with Gasteiger partial charge in [-0.15, -0.1) is 0 Å². The Morgan fingerprint density at radius 3 is 2.72 bits per heavy atom. The molecule has 1 aliphatic rings. The zero-order chi connectivity index (χ0) is 24.8. The van der Waals surface area contributed by atoms with E-state index in [1.807, 2.05) is 30.7 Å². The number of halogens is 1. The summed E-state index contributed by atoms with van der Waals surface area (Å²) in [7, 11) is 1.58. The van der Waals surface area contributed by atoms with Crippen LogP contribution in [0.4, 0.5) is 4.39 Å². The van der Waals surface area contributed by atoms with Crippen LogP contribution in [0.25, 0.3) is 33.8 Å². The summed E-state index contributed by atoms with van der Waals surface area (Å²) in [6.07, 6.45) is 9.05. The number of aryl methyl sites for hydroxylation is 2. The van der Waals surface area contributed by atoms with Gasteiger partial charge in [0.2, 0.25) is 5.88 Å². The monoisotopic (exact) mass is 484 g/mol. The van der Waals surface area contributed by atoms with Gasteiger partial charge in [-0.3, -0.25) is 0 Å². The second kappa shape index (κ2) is 8.78. The van der Waals surface area contributed by atoms with Crippen molar-refractivity contribution < 1.29 is 9.13 Å². The highest BCUT2D eigenvalue weighted by molar-refractivity contribution is 5.77. The van der Waals surface area contributed by atoms with E-state index in [0.29, 0.717) is 46.8 Å². The molecule has 5 aromatic rings. The van der Waals surface area contributed by atoms with Crippen molar-refractivity contribution in [3.8, 4) is 28.7 Å². The predicted molar refractivity (Wildman–Crippen MR) is 132 cm³/mol. The molecule has 1 saturated carbocycles. The third kappa shape index (κ3) is 3.88. The Balaban J connectivity index is 1.36. The third-order valence-electron chi connectivity index (χ3n) is 6.44. The lowest BCUT2D eigenvalue weighted by molar-refractivity contribution is 0.397. The Hall–Kier alpha value is -4.21. The predicted octanol–water partition coefficient (Wildman–Crippen LogP) is 4.55. The lowest BCUT2D eigenvalue weighted by Crippen LogP contribution is -2.06. The number of ether oxygens (including phenoxy) is 1. The average molecular weight is 485 g/mol. The molecule has 6 rings (SSSR count). The Bertz CT molecular complexity index is 1590. The zero-order valence-electron chi connectivity index (χ0n) is 20.3. The summed E-state index contributed by atoms with van der Waals surface area (Å²) in [5, 5.41) is 5.28. The van der Waals surface area contributed by atoms with Gasteiger partial charge in [-0.2, -0.15) is 5.10 Å². The van der Waals surface area contributed by atoms with E-state index in [-0.39, 0.29) is 5.82 Å². The number of benzene rings is 1. The second-order valence-corrected chi connectivity index (χ2v) is 9.00. The SMILES string of the molecule is CCn1cc(C)nc1-c1ccc(Cn2ncc3cnc(-c4c(OC)ncnc4C4CC4)nc32)cc1F. The van der Waals surface area contributed by atoms with Crippen LogP contribution in [-0.2, 0) is 13.1 Å². The fourth-order valence-electron chi connectivity index (χ4n) is 4.53. The first-order valence-corrected chi connectivity index (χ1v) is 12.0. The summed E-state index contributed by atoms with van der Waals surface area (Å²) in [6, 6.07) is 5.21. The molecule has 36 heavy (non-hydrogen) atoms. The molecule has 0 atom stereocenters. The molecule has 0 spiro atoms. The van der Waals surface area contributed by atoms with Crippen LogP contribution in [0.5, 0.6) is 5.88 Å². The number of aromatic nitrogens is 8. The summed E-state index contributed by atoms with van der Waals surface area (Å²) in [4.78, 5) is 22.7. The van der Waals surface area contributed by atoms with Crippen molar-refractivity contribution in [1.82, 2.24) is 39.3 Å². The smallest absolute Gasteiger partial charge is 0.227 e. The summed E-state index contributed by atoms with van der Waals surface area (Å²) in [5.74, 6) is 1.63. The van der Waals surface area contributed by atoms with Crippen LogP contribution >= 0.6 is 0 Å². The summed E-state index contributed by atoms with van der Waals surface area (Å²) in [6.45, 7) is 5.00. The van der Waals surface area contributed by atoms with Crippen molar-refractivity contribution >= 4 is 11.0 Å². The van der Waals surface area contributed by atoms with Gasteiger partial charge in [0.25, 0.3) is 0 Å². The van der Waals surface area contributed by atoms with E-state index >= 15 is 4.39 Å². The maximum atomic E-state index is 15.2. The van der Waals surface area contributed by atoms with Crippen molar-refractivity contribution in [2.45, 2.75) is 45.7 Å².